The fourth-order valence-corrected chi connectivity index (χ4v) is 3.89. The molecule has 0 bridgehead atoms. The summed E-state index contributed by atoms with van der Waals surface area (Å²) >= 11 is 6.88. The Bertz CT molecular complexity index is 1160. The van der Waals surface area contributed by atoms with Crippen molar-refractivity contribution in [1.29, 1.82) is 0 Å². The molecule has 6 nitrogen and oxygen atoms in total. The van der Waals surface area contributed by atoms with Crippen molar-refractivity contribution >= 4 is 35.1 Å². The van der Waals surface area contributed by atoms with E-state index in [1.807, 2.05) is 57.8 Å². The highest BCUT2D eigenvalue weighted by Crippen LogP contribution is 2.24. The largest absolute Gasteiger partial charge is 0.347 e. The standard InChI is InChI=1S/C19H17N5OS2/c1-13-5-7-14(8-6-13)15-12-27-19(26)24(15)11-18(25)20-10-17-22-21-16-4-2-3-9-23(16)17/h2-9,12H,10-11H2,1H3,(H,20,25). The monoisotopic (exact) mass is 395 g/mol. The van der Waals surface area contributed by atoms with Crippen LogP contribution in [0.5, 0.6) is 0 Å². The van der Waals surface area contributed by atoms with Crippen molar-refractivity contribution in [2.75, 3.05) is 0 Å². The van der Waals surface area contributed by atoms with E-state index in [1.54, 1.807) is 0 Å². The number of carbonyl (C=O) groups excluding carboxylic acids is 1. The fraction of sp³-hybridized carbons (Fsp3) is 0.158. The molecule has 3 aromatic heterocycles. The number of aryl methyl sites for hydroxylation is 1. The second-order valence-corrected chi connectivity index (χ2v) is 7.66. The summed E-state index contributed by atoms with van der Waals surface area (Å²) < 4.78 is 4.39. The Hall–Kier alpha value is -2.84. The minimum Gasteiger partial charge on any atom is -0.347 e. The number of thiazole rings is 1. The van der Waals surface area contributed by atoms with Gasteiger partial charge in [-0.2, -0.15) is 0 Å². The maximum absolute atomic E-state index is 12.5. The Labute approximate surface area is 165 Å². The maximum atomic E-state index is 12.5. The zero-order chi connectivity index (χ0) is 18.8. The van der Waals surface area contributed by atoms with Gasteiger partial charge in [0.25, 0.3) is 0 Å². The second kappa shape index (κ2) is 7.42. The molecular weight excluding hydrogens is 378 g/mol. The molecule has 0 unspecified atom stereocenters. The highest BCUT2D eigenvalue weighted by molar-refractivity contribution is 7.73. The number of nitrogens with one attached hydrogen (secondary N) is 1. The molecule has 3 heterocycles. The first-order chi connectivity index (χ1) is 13.1. The number of fused-ring (bicyclic) bond motifs is 1. The van der Waals surface area contributed by atoms with Crippen LogP contribution in [0.2, 0.25) is 0 Å². The Morgan fingerprint density at radius 2 is 2.00 bits per heavy atom. The van der Waals surface area contributed by atoms with Crippen molar-refractivity contribution in [3.63, 3.8) is 0 Å². The Balaban J connectivity index is 1.49. The van der Waals surface area contributed by atoms with E-state index in [2.05, 4.69) is 27.6 Å². The summed E-state index contributed by atoms with van der Waals surface area (Å²) in [6, 6.07) is 13.9. The van der Waals surface area contributed by atoms with Crippen LogP contribution in [0.25, 0.3) is 16.9 Å². The molecule has 27 heavy (non-hydrogen) atoms. The van der Waals surface area contributed by atoms with Crippen molar-refractivity contribution in [2.24, 2.45) is 0 Å². The summed E-state index contributed by atoms with van der Waals surface area (Å²) in [5.41, 5.74) is 3.94. The van der Waals surface area contributed by atoms with Gasteiger partial charge in [-0.05, 0) is 36.8 Å². The van der Waals surface area contributed by atoms with E-state index in [0.29, 0.717) is 16.3 Å². The van der Waals surface area contributed by atoms with Crippen LogP contribution < -0.4 is 5.32 Å². The molecule has 0 spiro atoms. The van der Waals surface area contributed by atoms with Crippen LogP contribution >= 0.6 is 23.6 Å². The van der Waals surface area contributed by atoms with E-state index in [4.69, 9.17) is 12.2 Å². The third kappa shape index (κ3) is 3.67. The fourth-order valence-electron chi connectivity index (χ4n) is 2.82. The van der Waals surface area contributed by atoms with Crippen LogP contribution in [0, 0.1) is 10.9 Å². The smallest absolute Gasteiger partial charge is 0.240 e. The molecule has 0 aliphatic carbocycles. The molecule has 0 atom stereocenters. The Kier molecular flexibility index (Phi) is 4.83. The Morgan fingerprint density at radius 3 is 2.81 bits per heavy atom. The van der Waals surface area contributed by atoms with E-state index < -0.39 is 0 Å². The van der Waals surface area contributed by atoms with Gasteiger partial charge in [-0.15, -0.1) is 21.5 Å². The molecule has 4 aromatic rings. The van der Waals surface area contributed by atoms with Crippen molar-refractivity contribution in [1.82, 2.24) is 24.5 Å². The van der Waals surface area contributed by atoms with Crippen molar-refractivity contribution in [3.8, 4) is 11.3 Å². The number of pyridine rings is 1. The first-order valence-corrected chi connectivity index (χ1v) is 9.71. The van der Waals surface area contributed by atoms with E-state index in [0.717, 1.165) is 16.9 Å². The molecule has 136 valence electrons. The third-order valence-corrected chi connectivity index (χ3v) is 5.53. The number of benzene rings is 1. The van der Waals surface area contributed by atoms with Crippen LogP contribution in [0.15, 0.2) is 54.0 Å². The van der Waals surface area contributed by atoms with Gasteiger partial charge in [-0.25, -0.2) is 0 Å². The predicted octanol–water partition coefficient (Wildman–Crippen LogP) is 3.61. The van der Waals surface area contributed by atoms with Crippen molar-refractivity contribution < 1.29 is 4.79 Å². The highest BCUT2D eigenvalue weighted by atomic mass is 32.1. The minimum absolute atomic E-state index is 0.120. The van der Waals surface area contributed by atoms with Gasteiger partial charge in [0, 0.05) is 11.6 Å². The molecule has 1 amide bonds. The van der Waals surface area contributed by atoms with E-state index >= 15 is 0 Å². The second-order valence-electron chi connectivity index (χ2n) is 6.16. The zero-order valence-corrected chi connectivity index (χ0v) is 16.3. The van der Waals surface area contributed by atoms with Gasteiger partial charge in [0.15, 0.2) is 15.4 Å². The average molecular weight is 396 g/mol. The lowest BCUT2D eigenvalue weighted by Gasteiger charge is -2.09. The number of amides is 1. The minimum atomic E-state index is -0.120. The van der Waals surface area contributed by atoms with Gasteiger partial charge < -0.3 is 9.88 Å². The number of rotatable bonds is 5. The normalized spacial score (nSPS) is 11.0. The summed E-state index contributed by atoms with van der Waals surface area (Å²) in [5.74, 6) is 0.567. The van der Waals surface area contributed by atoms with Gasteiger partial charge in [0.2, 0.25) is 5.91 Å². The van der Waals surface area contributed by atoms with Gasteiger partial charge in [-0.3, -0.25) is 9.20 Å². The molecule has 1 aromatic carbocycles. The molecule has 8 heteroatoms. The Morgan fingerprint density at radius 1 is 1.19 bits per heavy atom. The number of nitrogens with zero attached hydrogens (tertiary/aromatic N) is 4. The average Bonchev–Trinajstić information content (AvgIpc) is 3.25. The van der Waals surface area contributed by atoms with Crippen LogP contribution in [0.3, 0.4) is 0 Å². The van der Waals surface area contributed by atoms with Crippen LogP contribution in [-0.2, 0) is 17.9 Å². The molecule has 0 radical (unpaired) electrons. The molecule has 4 rings (SSSR count). The third-order valence-electron chi connectivity index (χ3n) is 4.26. The predicted molar refractivity (Wildman–Crippen MR) is 108 cm³/mol. The molecule has 0 aliphatic rings. The molecule has 0 aliphatic heterocycles. The quantitative estimate of drug-likeness (QED) is 0.524. The topological polar surface area (TPSA) is 64.2 Å². The first-order valence-electron chi connectivity index (χ1n) is 8.42. The van der Waals surface area contributed by atoms with Gasteiger partial charge in [0.05, 0.1) is 12.2 Å². The number of carbonyl (C=O) groups is 1. The van der Waals surface area contributed by atoms with Crippen LogP contribution in [0.1, 0.15) is 11.4 Å². The lowest BCUT2D eigenvalue weighted by atomic mass is 10.1. The van der Waals surface area contributed by atoms with Gasteiger partial charge in [0.1, 0.15) is 6.54 Å². The molecule has 0 saturated heterocycles. The lowest BCUT2D eigenvalue weighted by Crippen LogP contribution is -2.28. The van der Waals surface area contributed by atoms with E-state index in [9.17, 15) is 4.79 Å². The first kappa shape index (κ1) is 17.6. The molecular formula is C19H17N5OS2. The van der Waals surface area contributed by atoms with Gasteiger partial charge >= 0.3 is 0 Å². The number of aromatic nitrogens is 4. The highest BCUT2D eigenvalue weighted by Gasteiger charge is 2.12. The molecule has 0 fully saturated rings. The summed E-state index contributed by atoms with van der Waals surface area (Å²) in [6.07, 6.45) is 1.88. The lowest BCUT2D eigenvalue weighted by molar-refractivity contribution is -0.121. The SMILES string of the molecule is Cc1ccc(-c2csc(=S)n2CC(=O)NCc2nnc3ccccn23)cc1. The molecule has 0 saturated carbocycles. The summed E-state index contributed by atoms with van der Waals surface area (Å²) in [4.78, 5) is 12.5. The number of hydrogen-bond acceptors (Lipinski definition) is 5. The molecule has 1 N–H and O–H groups in total. The van der Waals surface area contributed by atoms with Crippen LogP contribution in [-0.4, -0.2) is 25.1 Å². The summed E-state index contributed by atoms with van der Waals surface area (Å²) in [5, 5.41) is 13.1. The van der Waals surface area contributed by atoms with E-state index in [1.165, 1.54) is 16.9 Å². The summed E-state index contributed by atoms with van der Waals surface area (Å²) in [7, 11) is 0. The van der Waals surface area contributed by atoms with Crippen molar-refractivity contribution in [2.45, 2.75) is 20.0 Å². The van der Waals surface area contributed by atoms with Crippen LogP contribution in [0.4, 0.5) is 0 Å². The maximum Gasteiger partial charge on any atom is 0.240 e. The number of hydrogen-bond donors (Lipinski definition) is 1. The van der Waals surface area contributed by atoms with E-state index in [-0.39, 0.29) is 12.5 Å². The van der Waals surface area contributed by atoms with Gasteiger partial charge in [-0.1, -0.05) is 35.9 Å². The summed E-state index contributed by atoms with van der Waals surface area (Å²) in [6.45, 7) is 2.52. The zero-order valence-electron chi connectivity index (χ0n) is 14.6. The van der Waals surface area contributed by atoms with Crippen molar-refractivity contribution in [3.05, 3.63) is 69.4 Å².